The number of amides is 1. The first-order valence-electron chi connectivity index (χ1n) is 11.2. The molecule has 9 nitrogen and oxygen atoms in total. The highest BCUT2D eigenvalue weighted by Crippen LogP contribution is 2.33. The van der Waals surface area contributed by atoms with Gasteiger partial charge in [-0.2, -0.15) is 4.31 Å². The van der Waals surface area contributed by atoms with E-state index < -0.39 is 20.9 Å². The summed E-state index contributed by atoms with van der Waals surface area (Å²) < 4.78 is 33.8. The lowest BCUT2D eigenvalue weighted by Gasteiger charge is -2.26. The Kier molecular flexibility index (Phi) is 7.42. The third kappa shape index (κ3) is 6.03. The van der Waals surface area contributed by atoms with Crippen LogP contribution in [0.1, 0.15) is 24.8 Å². The molecule has 182 valence electrons. The van der Waals surface area contributed by atoms with Gasteiger partial charge in [0.25, 0.3) is 5.69 Å². The van der Waals surface area contributed by atoms with Crippen molar-refractivity contribution in [1.82, 2.24) is 4.31 Å². The summed E-state index contributed by atoms with van der Waals surface area (Å²) in [5, 5.41) is 13.6. The third-order valence-electron chi connectivity index (χ3n) is 5.66. The molecule has 4 rings (SSSR count). The SMILES string of the molecule is O=C(Cc1ccc([N+](=O)[O-])cc1)Nc1cc(S(=O)(=O)N2CCCCC2)ccc1Oc1ccccc1. The smallest absolute Gasteiger partial charge is 0.269 e. The van der Waals surface area contributed by atoms with Crippen molar-refractivity contribution in [3.63, 3.8) is 0 Å². The highest BCUT2D eigenvalue weighted by molar-refractivity contribution is 7.89. The van der Waals surface area contributed by atoms with Crippen LogP contribution in [0.2, 0.25) is 0 Å². The van der Waals surface area contributed by atoms with Gasteiger partial charge in [-0.25, -0.2) is 8.42 Å². The lowest BCUT2D eigenvalue weighted by Crippen LogP contribution is -2.35. The van der Waals surface area contributed by atoms with Crippen molar-refractivity contribution in [3.05, 3.63) is 88.5 Å². The Hall–Kier alpha value is -3.76. The van der Waals surface area contributed by atoms with Crippen LogP contribution in [0.15, 0.2) is 77.7 Å². The molecule has 0 radical (unpaired) electrons. The highest BCUT2D eigenvalue weighted by atomic mass is 32.2. The summed E-state index contributed by atoms with van der Waals surface area (Å²) >= 11 is 0. The van der Waals surface area contributed by atoms with E-state index >= 15 is 0 Å². The van der Waals surface area contributed by atoms with Gasteiger partial charge in [-0.05, 0) is 48.7 Å². The van der Waals surface area contributed by atoms with Crippen LogP contribution in [0.4, 0.5) is 11.4 Å². The van der Waals surface area contributed by atoms with E-state index in [2.05, 4.69) is 5.32 Å². The zero-order valence-corrected chi connectivity index (χ0v) is 19.7. The van der Waals surface area contributed by atoms with E-state index in [0.29, 0.717) is 30.2 Å². The number of carbonyl (C=O) groups excluding carboxylic acids is 1. The van der Waals surface area contributed by atoms with Crippen LogP contribution in [-0.2, 0) is 21.2 Å². The second-order valence-electron chi connectivity index (χ2n) is 8.19. The van der Waals surface area contributed by atoms with Crippen LogP contribution in [0.25, 0.3) is 0 Å². The number of hydrogen-bond acceptors (Lipinski definition) is 6. The number of nitrogens with zero attached hydrogens (tertiary/aromatic N) is 2. The Bertz CT molecular complexity index is 1300. The minimum Gasteiger partial charge on any atom is -0.455 e. The number of ether oxygens (including phenoxy) is 1. The van der Waals surface area contributed by atoms with Gasteiger partial charge in [-0.3, -0.25) is 14.9 Å². The van der Waals surface area contributed by atoms with Crippen molar-refractivity contribution in [3.8, 4) is 11.5 Å². The lowest BCUT2D eigenvalue weighted by atomic mass is 10.1. The molecule has 1 fully saturated rings. The Labute approximate surface area is 203 Å². The van der Waals surface area contributed by atoms with Gasteiger partial charge in [0.15, 0.2) is 5.75 Å². The predicted molar refractivity (Wildman–Crippen MR) is 131 cm³/mol. The van der Waals surface area contributed by atoms with Gasteiger partial charge in [0.2, 0.25) is 15.9 Å². The quantitative estimate of drug-likeness (QED) is 0.356. The lowest BCUT2D eigenvalue weighted by molar-refractivity contribution is -0.384. The van der Waals surface area contributed by atoms with Crippen molar-refractivity contribution in [2.45, 2.75) is 30.6 Å². The Balaban J connectivity index is 1.60. The number of para-hydroxylation sites is 1. The van der Waals surface area contributed by atoms with Gasteiger partial charge < -0.3 is 10.1 Å². The number of nitrogens with one attached hydrogen (secondary N) is 1. The fourth-order valence-corrected chi connectivity index (χ4v) is 5.39. The van der Waals surface area contributed by atoms with Crippen molar-refractivity contribution in [1.29, 1.82) is 0 Å². The first-order valence-corrected chi connectivity index (χ1v) is 12.7. The molecule has 10 heteroatoms. The maximum atomic E-state index is 13.2. The molecule has 0 unspecified atom stereocenters. The first kappa shape index (κ1) is 24.4. The van der Waals surface area contributed by atoms with Gasteiger partial charge in [-0.1, -0.05) is 36.8 Å². The molecule has 1 aliphatic heterocycles. The molecule has 1 saturated heterocycles. The maximum absolute atomic E-state index is 13.2. The van der Waals surface area contributed by atoms with Gasteiger partial charge in [0, 0.05) is 25.2 Å². The van der Waals surface area contributed by atoms with Crippen LogP contribution in [0.5, 0.6) is 11.5 Å². The highest BCUT2D eigenvalue weighted by Gasteiger charge is 2.27. The molecule has 1 N–H and O–H groups in total. The molecule has 0 aromatic heterocycles. The molecule has 0 aliphatic carbocycles. The molecule has 3 aromatic carbocycles. The monoisotopic (exact) mass is 495 g/mol. The molecule has 3 aromatic rings. The Morgan fingerprint density at radius 1 is 0.971 bits per heavy atom. The van der Waals surface area contributed by atoms with Crippen LogP contribution in [-0.4, -0.2) is 36.6 Å². The van der Waals surface area contributed by atoms with Gasteiger partial charge >= 0.3 is 0 Å². The van der Waals surface area contributed by atoms with Gasteiger partial charge in [-0.15, -0.1) is 0 Å². The summed E-state index contributed by atoms with van der Waals surface area (Å²) in [4.78, 5) is 23.2. The van der Waals surface area contributed by atoms with E-state index in [-0.39, 0.29) is 22.7 Å². The minimum absolute atomic E-state index is 0.0497. The fourth-order valence-electron chi connectivity index (χ4n) is 3.84. The number of non-ortho nitro benzene ring substituents is 1. The minimum atomic E-state index is -3.72. The number of rotatable bonds is 8. The Morgan fingerprint density at radius 2 is 1.66 bits per heavy atom. The average molecular weight is 496 g/mol. The van der Waals surface area contributed by atoms with E-state index in [9.17, 15) is 23.3 Å². The molecule has 0 atom stereocenters. The number of benzene rings is 3. The Morgan fingerprint density at radius 3 is 2.31 bits per heavy atom. The second kappa shape index (κ2) is 10.7. The van der Waals surface area contributed by atoms with Crippen molar-refractivity contribution < 1.29 is 22.9 Å². The van der Waals surface area contributed by atoms with Gasteiger partial charge in [0.05, 0.1) is 21.9 Å². The van der Waals surface area contributed by atoms with Crippen molar-refractivity contribution in [2.75, 3.05) is 18.4 Å². The third-order valence-corrected chi connectivity index (χ3v) is 7.56. The van der Waals surface area contributed by atoms with E-state index in [1.807, 2.05) is 6.07 Å². The van der Waals surface area contributed by atoms with Crippen LogP contribution >= 0.6 is 0 Å². The van der Waals surface area contributed by atoms with Crippen LogP contribution in [0.3, 0.4) is 0 Å². The largest absolute Gasteiger partial charge is 0.455 e. The molecular formula is C25H25N3O6S. The van der Waals surface area contributed by atoms with Crippen molar-refractivity contribution >= 4 is 27.3 Å². The molecule has 1 heterocycles. The zero-order valence-electron chi connectivity index (χ0n) is 18.9. The van der Waals surface area contributed by atoms with E-state index in [1.54, 1.807) is 24.3 Å². The number of hydrogen-bond donors (Lipinski definition) is 1. The number of piperidine rings is 1. The molecular weight excluding hydrogens is 470 g/mol. The zero-order chi connectivity index (χ0) is 24.8. The summed E-state index contributed by atoms with van der Waals surface area (Å²) in [6, 6.07) is 19.1. The number of nitro benzene ring substituents is 1. The second-order valence-corrected chi connectivity index (χ2v) is 10.1. The molecule has 1 aliphatic rings. The summed E-state index contributed by atoms with van der Waals surface area (Å²) in [5.41, 5.74) is 0.734. The van der Waals surface area contributed by atoms with Crippen LogP contribution in [0, 0.1) is 10.1 Å². The normalized spacial score (nSPS) is 14.3. The summed E-state index contributed by atoms with van der Waals surface area (Å²) in [7, 11) is -3.72. The topological polar surface area (TPSA) is 119 Å². The molecule has 0 saturated carbocycles. The standard InChI is InChI=1S/C25H25N3O6S/c29-25(17-19-9-11-20(12-10-19)28(30)31)26-23-18-22(35(32,33)27-15-5-2-6-16-27)13-14-24(23)34-21-7-3-1-4-8-21/h1,3-4,7-14,18H,2,5-6,15-17H2,(H,26,29). The average Bonchev–Trinajstić information content (AvgIpc) is 2.86. The first-order chi connectivity index (χ1) is 16.8. The van der Waals surface area contributed by atoms with Gasteiger partial charge in [0.1, 0.15) is 5.75 Å². The van der Waals surface area contributed by atoms with Crippen molar-refractivity contribution in [2.24, 2.45) is 0 Å². The summed E-state index contributed by atoms with van der Waals surface area (Å²) in [6.45, 7) is 0.929. The number of carbonyl (C=O) groups is 1. The molecule has 0 spiro atoms. The predicted octanol–water partition coefficient (Wildman–Crippen LogP) is 4.74. The number of nitro groups is 1. The summed E-state index contributed by atoms with van der Waals surface area (Å²) in [6.07, 6.45) is 2.58. The number of anilines is 1. The van der Waals surface area contributed by atoms with E-state index in [1.165, 1.54) is 46.8 Å². The summed E-state index contributed by atoms with van der Waals surface area (Å²) in [5.74, 6) is 0.417. The number of sulfonamides is 1. The molecule has 0 bridgehead atoms. The maximum Gasteiger partial charge on any atom is 0.269 e. The fraction of sp³-hybridized carbons (Fsp3) is 0.240. The molecule has 1 amide bonds. The van der Waals surface area contributed by atoms with E-state index in [4.69, 9.17) is 4.74 Å². The van der Waals surface area contributed by atoms with Crippen LogP contribution < -0.4 is 10.1 Å². The molecule has 35 heavy (non-hydrogen) atoms. The van der Waals surface area contributed by atoms with E-state index in [0.717, 1.165) is 19.3 Å².